The number of amides is 3. The van der Waals surface area contributed by atoms with Gasteiger partial charge in [0.25, 0.3) is 0 Å². The molecule has 1 saturated carbocycles. The largest absolute Gasteiger partial charge is 0.480 e. The molecule has 136 valence electrons. The molecule has 1 aliphatic rings. The number of aliphatic carboxylic acids is 1. The maximum Gasteiger partial charge on any atom is 0.323 e. The standard InChI is InChI=1S/C17H20Cl2N2O4/c18-13-6-5-11(8-14(13)19)12(7-10-3-1-2-4-10)16(24)21-17(25)20-9-15(22)23/h5-6,8,10,12H,1-4,7,9H2,(H,22,23)(H2,20,21,24,25)/t12-/m1/s1. The van der Waals surface area contributed by atoms with Crippen LogP contribution in [0.25, 0.3) is 0 Å². The molecule has 6 nitrogen and oxygen atoms in total. The molecule has 25 heavy (non-hydrogen) atoms. The molecule has 0 unspecified atom stereocenters. The Morgan fingerprint density at radius 1 is 1.16 bits per heavy atom. The van der Waals surface area contributed by atoms with E-state index in [1.807, 2.05) is 0 Å². The lowest BCUT2D eigenvalue weighted by Crippen LogP contribution is -2.43. The van der Waals surface area contributed by atoms with Gasteiger partial charge in [-0.1, -0.05) is 55.0 Å². The van der Waals surface area contributed by atoms with E-state index in [1.165, 1.54) is 0 Å². The minimum Gasteiger partial charge on any atom is -0.480 e. The number of nitrogens with one attached hydrogen (secondary N) is 2. The number of halogens is 2. The highest BCUT2D eigenvalue weighted by molar-refractivity contribution is 6.42. The van der Waals surface area contributed by atoms with Gasteiger partial charge in [0.1, 0.15) is 6.54 Å². The number of imide groups is 1. The third-order valence-electron chi connectivity index (χ3n) is 4.34. The first-order chi connectivity index (χ1) is 11.9. The molecule has 3 amide bonds. The Balaban J connectivity index is 2.12. The number of hydrogen-bond acceptors (Lipinski definition) is 3. The monoisotopic (exact) mass is 386 g/mol. The Morgan fingerprint density at radius 2 is 1.84 bits per heavy atom. The van der Waals surface area contributed by atoms with Gasteiger partial charge in [-0.05, 0) is 30.0 Å². The van der Waals surface area contributed by atoms with Crippen molar-refractivity contribution in [1.29, 1.82) is 0 Å². The second kappa shape index (κ2) is 9.06. The highest BCUT2D eigenvalue weighted by Crippen LogP contribution is 2.36. The van der Waals surface area contributed by atoms with Crippen molar-refractivity contribution in [3.05, 3.63) is 33.8 Å². The van der Waals surface area contributed by atoms with Crippen molar-refractivity contribution in [3.63, 3.8) is 0 Å². The van der Waals surface area contributed by atoms with Crippen molar-refractivity contribution in [1.82, 2.24) is 10.6 Å². The quantitative estimate of drug-likeness (QED) is 0.696. The van der Waals surface area contributed by atoms with Crippen LogP contribution in [0, 0.1) is 5.92 Å². The van der Waals surface area contributed by atoms with Crippen molar-refractivity contribution in [2.75, 3.05) is 6.54 Å². The predicted octanol–water partition coefficient (Wildman–Crippen LogP) is 3.57. The Hall–Kier alpha value is -1.79. The summed E-state index contributed by atoms with van der Waals surface area (Å²) in [6.07, 6.45) is 4.99. The summed E-state index contributed by atoms with van der Waals surface area (Å²) in [4.78, 5) is 34.8. The Bertz CT molecular complexity index is 660. The maximum atomic E-state index is 12.6. The third kappa shape index (κ3) is 5.90. The predicted molar refractivity (Wildman–Crippen MR) is 95.0 cm³/mol. The first kappa shape index (κ1) is 19.5. The fourth-order valence-corrected chi connectivity index (χ4v) is 3.41. The molecule has 0 bridgehead atoms. The molecule has 0 heterocycles. The van der Waals surface area contributed by atoms with Crippen molar-refractivity contribution in [3.8, 4) is 0 Å². The van der Waals surface area contributed by atoms with E-state index in [0.717, 1.165) is 25.7 Å². The van der Waals surface area contributed by atoms with Gasteiger partial charge in [-0.2, -0.15) is 0 Å². The number of benzene rings is 1. The summed E-state index contributed by atoms with van der Waals surface area (Å²) in [6, 6.07) is 4.16. The van der Waals surface area contributed by atoms with Crippen LogP contribution in [-0.4, -0.2) is 29.6 Å². The van der Waals surface area contributed by atoms with Gasteiger partial charge in [0.15, 0.2) is 0 Å². The lowest BCUT2D eigenvalue weighted by Gasteiger charge is -2.20. The SMILES string of the molecule is O=C(O)CNC(=O)NC(=O)[C@H](CC1CCCC1)c1ccc(Cl)c(Cl)c1. The van der Waals surface area contributed by atoms with E-state index in [-0.39, 0.29) is 0 Å². The summed E-state index contributed by atoms with van der Waals surface area (Å²) < 4.78 is 0. The zero-order valence-electron chi connectivity index (χ0n) is 13.6. The number of carbonyl (C=O) groups excluding carboxylic acids is 2. The molecule has 1 aromatic rings. The highest BCUT2D eigenvalue weighted by Gasteiger charge is 2.28. The van der Waals surface area contributed by atoms with E-state index < -0.39 is 30.4 Å². The van der Waals surface area contributed by atoms with Crippen molar-refractivity contribution < 1.29 is 19.5 Å². The molecule has 0 aliphatic heterocycles. The Morgan fingerprint density at radius 3 is 2.44 bits per heavy atom. The average Bonchev–Trinajstić information content (AvgIpc) is 3.06. The van der Waals surface area contributed by atoms with Crippen LogP contribution in [0.1, 0.15) is 43.6 Å². The molecule has 3 N–H and O–H groups in total. The number of rotatable bonds is 6. The summed E-state index contributed by atoms with van der Waals surface area (Å²) >= 11 is 12.0. The zero-order valence-corrected chi connectivity index (χ0v) is 15.1. The van der Waals surface area contributed by atoms with Gasteiger partial charge in [0, 0.05) is 0 Å². The van der Waals surface area contributed by atoms with Gasteiger partial charge in [0.05, 0.1) is 16.0 Å². The molecule has 2 rings (SSSR count). The van der Waals surface area contributed by atoms with E-state index in [0.29, 0.717) is 27.9 Å². The van der Waals surface area contributed by atoms with E-state index in [9.17, 15) is 14.4 Å². The van der Waals surface area contributed by atoms with Gasteiger partial charge in [-0.25, -0.2) is 4.79 Å². The van der Waals surface area contributed by atoms with Crippen molar-refractivity contribution >= 4 is 41.1 Å². The van der Waals surface area contributed by atoms with E-state index in [4.69, 9.17) is 28.3 Å². The summed E-state index contributed by atoms with van der Waals surface area (Å²) in [6.45, 7) is -0.556. The van der Waals surface area contributed by atoms with Crippen molar-refractivity contribution in [2.24, 2.45) is 5.92 Å². The van der Waals surface area contributed by atoms with Crippen LogP contribution in [0.2, 0.25) is 10.0 Å². The number of urea groups is 1. The molecular weight excluding hydrogens is 367 g/mol. The summed E-state index contributed by atoms with van der Waals surface area (Å²) in [7, 11) is 0. The molecule has 0 spiro atoms. The Labute approximate surface area is 155 Å². The van der Waals surface area contributed by atoms with Gasteiger partial charge >= 0.3 is 12.0 Å². The average molecular weight is 387 g/mol. The molecule has 1 aliphatic carbocycles. The molecule has 1 fully saturated rings. The fraction of sp³-hybridized carbons (Fsp3) is 0.471. The topological polar surface area (TPSA) is 95.5 Å². The van der Waals surface area contributed by atoms with E-state index in [2.05, 4.69) is 10.6 Å². The molecular formula is C17H20Cl2N2O4. The highest BCUT2D eigenvalue weighted by atomic mass is 35.5. The molecule has 0 saturated heterocycles. The van der Waals surface area contributed by atoms with Gasteiger partial charge in [0.2, 0.25) is 5.91 Å². The smallest absolute Gasteiger partial charge is 0.323 e. The summed E-state index contributed by atoms with van der Waals surface area (Å²) in [5.41, 5.74) is 0.685. The first-order valence-electron chi connectivity index (χ1n) is 8.12. The van der Waals surface area contributed by atoms with Gasteiger partial charge in [-0.3, -0.25) is 14.9 Å². The van der Waals surface area contributed by atoms with Crippen LogP contribution in [0.3, 0.4) is 0 Å². The third-order valence-corrected chi connectivity index (χ3v) is 5.08. The second-order valence-corrected chi connectivity index (χ2v) is 6.99. The lowest BCUT2D eigenvalue weighted by atomic mass is 9.87. The molecule has 0 aromatic heterocycles. The van der Waals surface area contributed by atoms with Crippen LogP contribution in [0.5, 0.6) is 0 Å². The van der Waals surface area contributed by atoms with Crippen LogP contribution in [0.4, 0.5) is 4.79 Å². The molecule has 1 atom stereocenters. The number of carboxylic acid groups (broad SMARTS) is 1. The maximum absolute atomic E-state index is 12.6. The second-order valence-electron chi connectivity index (χ2n) is 6.18. The first-order valence-corrected chi connectivity index (χ1v) is 8.88. The normalized spacial score (nSPS) is 15.6. The lowest BCUT2D eigenvalue weighted by molar-refractivity contribution is -0.135. The minimum absolute atomic E-state index is 0.346. The van der Waals surface area contributed by atoms with E-state index >= 15 is 0 Å². The molecule has 8 heteroatoms. The number of carboxylic acids is 1. The van der Waals surface area contributed by atoms with E-state index in [1.54, 1.807) is 18.2 Å². The zero-order chi connectivity index (χ0) is 18.4. The summed E-state index contributed by atoms with van der Waals surface area (Å²) in [5, 5.41) is 13.6. The van der Waals surface area contributed by atoms with Crippen molar-refractivity contribution in [2.45, 2.75) is 38.0 Å². The summed E-state index contributed by atoms with van der Waals surface area (Å²) in [5.74, 6) is -1.80. The van der Waals surface area contributed by atoms with Gasteiger partial charge < -0.3 is 10.4 Å². The molecule has 0 radical (unpaired) electrons. The number of hydrogen-bond donors (Lipinski definition) is 3. The fourth-order valence-electron chi connectivity index (χ4n) is 3.10. The van der Waals surface area contributed by atoms with Gasteiger partial charge in [-0.15, -0.1) is 0 Å². The molecule has 1 aromatic carbocycles. The number of carbonyl (C=O) groups is 3. The minimum atomic E-state index is -1.19. The van der Waals surface area contributed by atoms with Crippen LogP contribution < -0.4 is 10.6 Å². The van der Waals surface area contributed by atoms with Crippen LogP contribution in [-0.2, 0) is 9.59 Å². The Kier molecular flexibility index (Phi) is 7.08. The van der Waals surface area contributed by atoms with Crippen LogP contribution >= 0.6 is 23.2 Å². The van der Waals surface area contributed by atoms with Crippen LogP contribution in [0.15, 0.2) is 18.2 Å².